The highest BCUT2D eigenvalue weighted by Crippen LogP contribution is 2.31. The molecular weight excluding hydrogens is 316 g/mol. The van der Waals surface area contributed by atoms with Crippen molar-refractivity contribution >= 4 is 21.7 Å². The van der Waals surface area contributed by atoms with Crippen molar-refractivity contribution in [2.75, 3.05) is 6.61 Å². The van der Waals surface area contributed by atoms with Crippen LogP contribution in [0.5, 0.6) is 5.75 Å². The minimum absolute atomic E-state index is 0.218. The van der Waals surface area contributed by atoms with Gasteiger partial charge in [0.2, 0.25) is 0 Å². The van der Waals surface area contributed by atoms with Crippen molar-refractivity contribution in [2.45, 2.75) is 45.4 Å². The van der Waals surface area contributed by atoms with Crippen molar-refractivity contribution in [1.29, 1.82) is 0 Å². The molecule has 3 heteroatoms. The second-order valence-corrected chi connectivity index (χ2v) is 6.60. The van der Waals surface area contributed by atoms with Crippen LogP contribution in [0.15, 0.2) is 28.7 Å². The molecule has 0 saturated heterocycles. The third-order valence-electron chi connectivity index (χ3n) is 4.12. The number of halogens is 1. The van der Waals surface area contributed by atoms with Crippen molar-refractivity contribution in [3.8, 4) is 5.75 Å². The summed E-state index contributed by atoms with van der Waals surface area (Å²) in [4.78, 5) is 12.0. The molecule has 2 unspecified atom stereocenters. The van der Waals surface area contributed by atoms with Crippen LogP contribution in [0.2, 0.25) is 0 Å². The van der Waals surface area contributed by atoms with Crippen LogP contribution in [0.25, 0.3) is 0 Å². The van der Waals surface area contributed by atoms with Gasteiger partial charge in [-0.25, -0.2) is 0 Å². The van der Waals surface area contributed by atoms with E-state index in [2.05, 4.69) is 22.9 Å². The van der Waals surface area contributed by atoms with Gasteiger partial charge in [-0.1, -0.05) is 35.7 Å². The van der Waals surface area contributed by atoms with E-state index in [1.807, 2.05) is 24.3 Å². The summed E-state index contributed by atoms with van der Waals surface area (Å²) in [6.45, 7) is 2.86. The van der Waals surface area contributed by atoms with E-state index in [0.717, 1.165) is 41.8 Å². The minimum atomic E-state index is 0.218. The molecule has 2 nitrogen and oxygen atoms in total. The first kappa shape index (κ1) is 15.6. The molecule has 0 amide bonds. The van der Waals surface area contributed by atoms with E-state index in [9.17, 15) is 4.79 Å². The van der Waals surface area contributed by atoms with Gasteiger partial charge in [-0.05, 0) is 49.4 Å². The first-order valence-corrected chi connectivity index (χ1v) is 8.39. The Morgan fingerprint density at radius 1 is 1.25 bits per heavy atom. The van der Waals surface area contributed by atoms with Crippen molar-refractivity contribution in [2.24, 2.45) is 11.8 Å². The van der Waals surface area contributed by atoms with Crippen LogP contribution in [0.3, 0.4) is 0 Å². The van der Waals surface area contributed by atoms with Gasteiger partial charge in [0.15, 0.2) is 0 Å². The lowest BCUT2D eigenvalue weighted by Gasteiger charge is -2.27. The summed E-state index contributed by atoms with van der Waals surface area (Å²) in [6.07, 6.45) is 6.27. The van der Waals surface area contributed by atoms with Crippen LogP contribution in [-0.4, -0.2) is 12.4 Å². The molecule has 0 spiro atoms. The van der Waals surface area contributed by atoms with Crippen molar-refractivity contribution in [3.63, 3.8) is 0 Å². The van der Waals surface area contributed by atoms with Crippen molar-refractivity contribution in [1.82, 2.24) is 0 Å². The molecule has 0 N–H and O–H groups in total. The third kappa shape index (κ3) is 4.62. The summed E-state index contributed by atoms with van der Waals surface area (Å²) < 4.78 is 6.78. The smallest absolute Gasteiger partial charge is 0.136 e. The number of carbonyl (C=O) groups excluding carboxylic acids is 1. The lowest BCUT2D eigenvalue weighted by atomic mass is 9.77. The van der Waals surface area contributed by atoms with Crippen LogP contribution in [-0.2, 0) is 4.79 Å². The predicted molar refractivity (Wildman–Crippen MR) is 85.0 cm³/mol. The van der Waals surface area contributed by atoms with Gasteiger partial charge in [0.05, 0.1) is 6.61 Å². The van der Waals surface area contributed by atoms with Gasteiger partial charge in [-0.3, -0.25) is 4.79 Å². The van der Waals surface area contributed by atoms with Gasteiger partial charge in [0, 0.05) is 16.8 Å². The number of hydrogen-bond acceptors (Lipinski definition) is 2. The molecule has 110 valence electrons. The van der Waals surface area contributed by atoms with Crippen molar-refractivity contribution < 1.29 is 9.53 Å². The number of Topliss-reactive ketones (excluding diaryl/α,β-unsaturated/α-hetero) is 1. The van der Waals surface area contributed by atoms with Crippen LogP contribution in [0.4, 0.5) is 0 Å². The second kappa shape index (κ2) is 7.82. The monoisotopic (exact) mass is 338 g/mol. The van der Waals surface area contributed by atoms with Gasteiger partial charge in [-0.2, -0.15) is 0 Å². The zero-order chi connectivity index (χ0) is 14.4. The van der Waals surface area contributed by atoms with E-state index in [4.69, 9.17) is 4.74 Å². The summed E-state index contributed by atoms with van der Waals surface area (Å²) >= 11 is 3.41. The number of rotatable bonds is 6. The average Bonchev–Trinajstić information content (AvgIpc) is 2.45. The van der Waals surface area contributed by atoms with Crippen LogP contribution >= 0.6 is 15.9 Å². The Morgan fingerprint density at radius 3 is 2.70 bits per heavy atom. The molecule has 2 atom stereocenters. The zero-order valence-corrected chi connectivity index (χ0v) is 13.7. The number of ketones is 1. The summed E-state index contributed by atoms with van der Waals surface area (Å²) in [5.41, 5.74) is 0. The normalized spacial score (nSPS) is 22.8. The molecular formula is C17H23BrO2. The Balaban J connectivity index is 1.77. The molecule has 1 aliphatic rings. The highest BCUT2D eigenvalue weighted by Gasteiger charge is 2.27. The van der Waals surface area contributed by atoms with E-state index in [-0.39, 0.29) is 5.92 Å². The Morgan fingerprint density at radius 2 is 2.00 bits per heavy atom. The maximum Gasteiger partial charge on any atom is 0.136 e. The van der Waals surface area contributed by atoms with Gasteiger partial charge in [0.1, 0.15) is 11.5 Å². The summed E-state index contributed by atoms with van der Waals surface area (Å²) in [5, 5.41) is 0. The van der Waals surface area contributed by atoms with Crippen LogP contribution in [0.1, 0.15) is 45.4 Å². The van der Waals surface area contributed by atoms with Crippen molar-refractivity contribution in [3.05, 3.63) is 28.7 Å². The van der Waals surface area contributed by atoms with Crippen LogP contribution in [0, 0.1) is 11.8 Å². The molecule has 1 aromatic carbocycles. The lowest BCUT2D eigenvalue weighted by molar-refractivity contribution is -0.126. The number of ether oxygens (including phenoxy) is 1. The molecule has 1 aliphatic carbocycles. The second-order valence-electron chi connectivity index (χ2n) is 5.68. The number of hydrogen-bond donors (Lipinski definition) is 0. The fourth-order valence-corrected chi connectivity index (χ4v) is 3.27. The first-order valence-electron chi connectivity index (χ1n) is 7.60. The maximum absolute atomic E-state index is 12.0. The molecule has 0 aliphatic heterocycles. The SMILES string of the molecule is CCCC1CCC(=O)C(CCOc2ccc(Br)cc2)C1. The predicted octanol–water partition coefficient (Wildman–Crippen LogP) is 5.00. The standard InChI is InChI=1S/C17H23BrO2/c1-2-3-13-4-9-17(19)14(12-13)10-11-20-16-7-5-15(18)6-8-16/h5-8,13-14H,2-4,9-12H2,1H3. The molecule has 2 rings (SSSR count). The van der Waals surface area contributed by atoms with E-state index >= 15 is 0 Å². The molecule has 0 bridgehead atoms. The third-order valence-corrected chi connectivity index (χ3v) is 4.65. The average molecular weight is 339 g/mol. The number of carbonyl (C=O) groups is 1. The zero-order valence-electron chi connectivity index (χ0n) is 12.1. The summed E-state index contributed by atoms with van der Waals surface area (Å²) in [6, 6.07) is 7.84. The first-order chi connectivity index (χ1) is 9.69. The molecule has 1 fully saturated rings. The van der Waals surface area contributed by atoms with Gasteiger partial charge >= 0.3 is 0 Å². The number of benzene rings is 1. The quantitative estimate of drug-likeness (QED) is 0.729. The summed E-state index contributed by atoms with van der Waals surface area (Å²) in [5.74, 6) is 2.28. The Hall–Kier alpha value is -0.830. The van der Waals surface area contributed by atoms with E-state index in [1.54, 1.807) is 0 Å². The van der Waals surface area contributed by atoms with Gasteiger partial charge in [-0.15, -0.1) is 0 Å². The Labute approximate surface area is 130 Å². The van der Waals surface area contributed by atoms with Gasteiger partial charge < -0.3 is 4.74 Å². The van der Waals surface area contributed by atoms with E-state index in [0.29, 0.717) is 12.4 Å². The highest BCUT2D eigenvalue weighted by atomic mass is 79.9. The fourth-order valence-electron chi connectivity index (χ4n) is 3.00. The molecule has 0 radical (unpaired) electrons. The lowest BCUT2D eigenvalue weighted by Crippen LogP contribution is -2.26. The van der Waals surface area contributed by atoms with Crippen LogP contribution < -0.4 is 4.74 Å². The topological polar surface area (TPSA) is 26.3 Å². The van der Waals surface area contributed by atoms with Gasteiger partial charge in [0.25, 0.3) is 0 Å². The molecule has 1 aromatic rings. The van der Waals surface area contributed by atoms with E-state index < -0.39 is 0 Å². The molecule has 0 heterocycles. The molecule has 0 aromatic heterocycles. The summed E-state index contributed by atoms with van der Waals surface area (Å²) in [7, 11) is 0. The maximum atomic E-state index is 12.0. The fraction of sp³-hybridized carbons (Fsp3) is 0.588. The molecule has 1 saturated carbocycles. The van der Waals surface area contributed by atoms with E-state index in [1.165, 1.54) is 12.8 Å². The minimum Gasteiger partial charge on any atom is -0.494 e. The largest absolute Gasteiger partial charge is 0.494 e. The highest BCUT2D eigenvalue weighted by molar-refractivity contribution is 9.10. The molecule has 20 heavy (non-hydrogen) atoms. The Bertz CT molecular complexity index is 427. The Kier molecular flexibility index (Phi) is 6.08.